The predicted molar refractivity (Wildman–Crippen MR) is 112 cm³/mol. The molecule has 1 aromatic carbocycles. The van der Waals surface area contributed by atoms with Gasteiger partial charge < -0.3 is 15.0 Å². The summed E-state index contributed by atoms with van der Waals surface area (Å²) in [4.78, 5) is 11.9. The quantitative estimate of drug-likeness (QED) is 0.406. The molecule has 0 unspecified atom stereocenters. The number of hydrogen-bond donors (Lipinski definition) is 1. The maximum atomic E-state index is 5.47. The zero-order chi connectivity index (χ0) is 16.7. The monoisotopic (exact) mass is 460 g/mol. The van der Waals surface area contributed by atoms with E-state index in [1.165, 1.54) is 10.4 Å². The molecule has 0 aliphatic heterocycles. The third-order valence-corrected chi connectivity index (χ3v) is 4.23. The van der Waals surface area contributed by atoms with Crippen molar-refractivity contribution in [3.05, 3.63) is 45.9 Å². The van der Waals surface area contributed by atoms with Crippen LogP contribution < -0.4 is 10.1 Å². The minimum atomic E-state index is 0. The first-order valence-corrected chi connectivity index (χ1v) is 8.49. The number of nitrogens with one attached hydrogen (secondary N) is 1. The lowest BCUT2D eigenvalue weighted by atomic mass is 10.2. The van der Waals surface area contributed by atoms with Gasteiger partial charge in [0.1, 0.15) is 5.75 Å². The summed E-state index contributed by atoms with van der Waals surface area (Å²) in [5.41, 5.74) is 1.22. The Kier molecular flexibility index (Phi) is 9.05. The summed E-state index contributed by atoms with van der Waals surface area (Å²) < 4.78 is 5.47. The van der Waals surface area contributed by atoms with Gasteiger partial charge in [-0.1, -0.05) is 12.1 Å². The number of aromatic nitrogens is 1. The molecule has 5 nitrogen and oxygen atoms in total. The second kappa shape index (κ2) is 10.5. The highest BCUT2D eigenvalue weighted by Crippen LogP contribution is 2.14. The Morgan fingerprint density at radius 1 is 1.33 bits per heavy atom. The van der Waals surface area contributed by atoms with E-state index in [1.807, 2.05) is 39.2 Å². The second-order valence-electron chi connectivity index (χ2n) is 5.18. The molecule has 1 N–H and O–H groups in total. The number of rotatable bonds is 6. The van der Waals surface area contributed by atoms with E-state index >= 15 is 0 Å². The Bertz CT molecular complexity index is 642. The standard InChI is InChI=1S/C17H24N4OS.HI/c1-5-22-15-8-6-14(7-9-15)12-21(4)17(18-3)20-11-16-10-19-13(2)23-16;/h6-10H,5,11-12H2,1-4H3,(H,18,20);1H. The number of nitrogens with zero attached hydrogens (tertiary/aromatic N) is 3. The van der Waals surface area contributed by atoms with Crippen molar-refractivity contribution in [3.8, 4) is 5.75 Å². The molecule has 7 heteroatoms. The van der Waals surface area contributed by atoms with Crippen LogP contribution in [0.1, 0.15) is 22.4 Å². The Morgan fingerprint density at radius 3 is 2.58 bits per heavy atom. The fraction of sp³-hybridized carbons (Fsp3) is 0.412. The number of thiazole rings is 1. The molecule has 0 bridgehead atoms. The molecule has 0 saturated carbocycles. The van der Waals surface area contributed by atoms with Crippen molar-refractivity contribution >= 4 is 41.3 Å². The van der Waals surface area contributed by atoms with Gasteiger partial charge in [0.05, 0.1) is 18.2 Å². The van der Waals surface area contributed by atoms with Crippen LogP contribution in [0.3, 0.4) is 0 Å². The van der Waals surface area contributed by atoms with Crippen LogP contribution in [0.2, 0.25) is 0 Å². The Morgan fingerprint density at radius 2 is 2.04 bits per heavy atom. The van der Waals surface area contributed by atoms with Crippen LogP contribution >= 0.6 is 35.3 Å². The van der Waals surface area contributed by atoms with Crippen LogP contribution in [-0.4, -0.2) is 36.5 Å². The van der Waals surface area contributed by atoms with E-state index in [-0.39, 0.29) is 24.0 Å². The van der Waals surface area contributed by atoms with Crippen LogP contribution in [0, 0.1) is 6.92 Å². The maximum Gasteiger partial charge on any atom is 0.193 e. The van der Waals surface area contributed by atoms with Crippen LogP contribution in [0.4, 0.5) is 0 Å². The van der Waals surface area contributed by atoms with Gasteiger partial charge in [0.2, 0.25) is 0 Å². The van der Waals surface area contributed by atoms with Gasteiger partial charge in [0.15, 0.2) is 5.96 Å². The van der Waals surface area contributed by atoms with Gasteiger partial charge in [-0.15, -0.1) is 35.3 Å². The number of guanidine groups is 1. The van der Waals surface area contributed by atoms with Crippen molar-refractivity contribution in [1.82, 2.24) is 15.2 Å². The minimum absolute atomic E-state index is 0. The topological polar surface area (TPSA) is 49.8 Å². The minimum Gasteiger partial charge on any atom is -0.494 e. The maximum absolute atomic E-state index is 5.47. The fourth-order valence-electron chi connectivity index (χ4n) is 2.24. The molecule has 0 aliphatic carbocycles. The number of aliphatic imine (C=N–C) groups is 1. The van der Waals surface area contributed by atoms with Gasteiger partial charge in [-0.05, 0) is 31.5 Å². The molecule has 0 amide bonds. The van der Waals surface area contributed by atoms with Crippen LogP contribution in [0.25, 0.3) is 0 Å². The smallest absolute Gasteiger partial charge is 0.193 e. The number of halogens is 1. The highest BCUT2D eigenvalue weighted by Gasteiger charge is 2.07. The third kappa shape index (κ3) is 6.27. The largest absolute Gasteiger partial charge is 0.494 e. The number of hydrogen-bond acceptors (Lipinski definition) is 4. The van der Waals surface area contributed by atoms with Crippen molar-refractivity contribution in [3.63, 3.8) is 0 Å². The van der Waals surface area contributed by atoms with E-state index < -0.39 is 0 Å². The van der Waals surface area contributed by atoms with E-state index in [2.05, 4.69) is 32.3 Å². The van der Waals surface area contributed by atoms with Crippen molar-refractivity contribution in [1.29, 1.82) is 0 Å². The first-order chi connectivity index (χ1) is 11.1. The highest BCUT2D eigenvalue weighted by molar-refractivity contribution is 14.0. The first-order valence-electron chi connectivity index (χ1n) is 7.67. The Labute approximate surface area is 165 Å². The summed E-state index contributed by atoms with van der Waals surface area (Å²) in [7, 11) is 3.83. The van der Waals surface area contributed by atoms with Crippen molar-refractivity contribution < 1.29 is 4.74 Å². The van der Waals surface area contributed by atoms with Gasteiger partial charge in [-0.2, -0.15) is 0 Å². The molecule has 0 radical (unpaired) electrons. The lowest BCUT2D eigenvalue weighted by Crippen LogP contribution is -2.37. The lowest BCUT2D eigenvalue weighted by Gasteiger charge is -2.22. The van der Waals surface area contributed by atoms with E-state index in [1.54, 1.807) is 18.4 Å². The average Bonchev–Trinajstić information content (AvgIpc) is 2.95. The highest BCUT2D eigenvalue weighted by atomic mass is 127. The summed E-state index contributed by atoms with van der Waals surface area (Å²) in [6, 6.07) is 8.18. The fourth-order valence-corrected chi connectivity index (χ4v) is 2.98. The molecule has 132 valence electrons. The number of ether oxygens (including phenoxy) is 1. The predicted octanol–water partition coefficient (Wildman–Crippen LogP) is 3.68. The van der Waals surface area contributed by atoms with Crippen LogP contribution in [0.5, 0.6) is 5.75 Å². The molecule has 0 aliphatic rings. The zero-order valence-corrected chi connectivity index (χ0v) is 17.7. The summed E-state index contributed by atoms with van der Waals surface area (Å²) in [5.74, 6) is 1.77. The van der Waals surface area contributed by atoms with E-state index in [9.17, 15) is 0 Å². The van der Waals surface area contributed by atoms with Gasteiger partial charge >= 0.3 is 0 Å². The second-order valence-corrected chi connectivity index (χ2v) is 6.50. The van der Waals surface area contributed by atoms with E-state index in [4.69, 9.17) is 4.74 Å². The van der Waals surface area contributed by atoms with Crippen molar-refractivity contribution in [2.75, 3.05) is 20.7 Å². The van der Waals surface area contributed by atoms with E-state index in [0.717, 1.165) is 29.8 Å². The van der Waals surface area contributed by atoms with Gasteiger partial charge in [0.25, 0.3) is 0 Å². The van der Waals surface area contributed by atoms with Crippen molar-refractivity contribution in [2.45, 2.75) is 26.9 Å². The zero-order valence-electron chi connectivity index (χ0n) is 14.6. The number of aryl methyl sites for hydroxylation is 1. The normalized spacial score (nSPS) is 10.9. The Hall–Kier alpha value is -1.35. The molecular formula is C17H25IN4OS. The number of benzene rings is 1. The summed E-state index contributed by atoms with van der Waals surface area (Å²) >= 11 is 1.70. The average molecular weight is 460 g/mol. The van der Waals surface area contributed by atoms with Gasteiger partial charge in [0, 0.05) is 31.7 Å². The first kappa shape index (κ1) is 20.7. The molecule has 2 rings (SSSR count). The molecule has 0 atom stereocenters. The molecule has 1 heterocycles. The SMILES string of the molecule is CCOc1ccc(CN(C)C(=NC)NCc2cnc(C)s2)cc1.I. The van der Waals surface area contributed by atoms with Gasteiger partial charge in [-0.25, -0.2) is 4.98 Å². The van der Waals surface area contributed by atoms with Crippen LogP contribution in [-0.2, 0) is 13.1 Å². The van der Waals surface area contributed by atoms with Crippen LogP contribution in [0.15, 0.2) is 35.5 Å². The van der Waals surface area contributed by atoms with Gasteiger partial charge in [-0.3, -0.25) is 4.99 Å². The lowest BCUT2D eigenvalue weighted by molar-refractivity contribution is 0.340. The molecule has 1 aromatic heterocycles. The van der Waals surface area contributed by atoms with E-state index in [0.29, 0.717) is 6.61 Å². The molecule has 24 heavy (non-hydrogen) atoms. The Balaban J connectivity index is 0.00000288. The summed E-state index contributed by atoms with van der Waals surface area (Å²) in [6.07, 6.45) is 1.91. The van der Waals surface area contributed by atoms with Crippen molar-refractivity contribution in [2.24, 2.45) is 4.99 Å². The molecule has 0 spiro atoms. The third-order valence-electron chi connectivity index (χ3n) is 3.32. The molecular weight excluding hydrogens is 435 g/mol. The molecule has 2 aromatic rings. The molecule has 0 fully saturated rings. The summed E-state index contributed by atoms with van der Waals surface area (Å²) in [5, 5.41) is 4.46. The molecule has 0 saturated heterocycles. The summed E-state index contributed by atoms with van der Waals surface area (Å²) in [6.45, 7) is 6.22.